The molecule has 0 heterocycles. The van der Waals surface area contributed by atoms with Crippen LogP contribution in [0.4, 0.5) is 0 Å². The van der Waals surface area contributed by atoms with Gasteiger partial charge in [0.1, 0.15) is 6.23 Å². The topological polar surface area (TPSA) is 23.5 Å². The molecule has 0 aromatic rings. The molecule has 0 rings (SSSR count). The Hall–Kier alpha value is 0.210. The zero-order valence-electron chi connectivity index (χ0n) is 15.3. The van der Waals surface area contributed by atoms with Crippen molar-refractivity contribution in [2.24, 2.45) is 0 Å². The number of hydrogen-bond donors (Lipinski definition) is 1. The van der Waals surface area contributed by atoms with Crippen molar-refractivity contribution in [1.82, 2.24) is 4.90 Å². The fourth-order valence-electron chi connectivity index (χ4n) is 2.07. The molecule has 0 spiro atoms. The molecule has 1 N–H and O–H groups in total. The highest BCUT2D eigenvalue weighted by Crippen LogP contribution is 2.12. The molecular weight excluding hydrogens is 282 g/mol. The van der Waals surface area contributed by atoms with E-state index in [1.807, 2.05) is 19.0 Å². The molecule has 132 valence electrons. The van der Waals surface area contributed by atoms with E-state index >= 15 is 0 Å². The van der Waals surface area contributed by atoms with E-state index in [0.717, 1.165) is 12.8 Å². The minimum Gasteiger partial charge on any atom is -1.00 e. The van der Waals surface area contributed by atoms with Crippen molar-refractivity contribution < 1.29 is 17.5 Å². The van der Waals surface area contributed by atoms with Crippen molar-refractivity contribution in [1.29, 1.82) is 0 Å². The third kappa shape index (κ3) is 25.5. The third-order valence-corrected chi connectivity index (χ3v) is 3.41. The van der Waals surface area contributed by atoms with Crippen LogP contribution in [0, 0.1) is 0 Å². The van der Waals surface area contributed by atoms with Gasteiger partial charge in [-0.2, -0.15) is 0 Å². The summed E-state index contributed by atoms with van der Waals surface area (Å²) in [7, 11) is 3.86. The van der Waals surface area contributed by atoms with Gasteiger partial charge in [0, 0.05) is 0 Å². The van der Waals surface area contributed by atoms with Gasteiger partial charge in [-0.1, -0.05) is 85.0 Å². The first kappa shape index (κ1) is 26.1. The van der Waals surface area contributed by atoms with Gasteiger partial charge < -0.3 is 17.5 Å². The minimum atomic E-state index is -0.246. The number of aliphatic hydroxyl groups excluding tert-OH is 1. The van der Waals surface area contributed by atoms with Crippen LogP contribution >= 0.6 is 0 Å². The van der Waals surface area contributed by atoms with E-state index in [-0.39, 0.29) is 18.6 Å². The van der Waals surface area contributed by atoms with Crippen molar-refractivity contribution in [2.75, 3.05) is 14.1 Å². The van der Waals surface area contributed by atoms with Crippen LogP contribution in [0.25, 0.3) is 0 Å². The van der Waals surface area contributed by atoms with E-state index in [4.69, 9.17) is 0 Å². The molecule has 0 amide bonds. The molecule has 0 bridgehead atoms. The third-order valence-electron chi connectivity index (χ3n) is 3.41. The molecule has 3 heteroatoms. The van der Waals surface area contributed by atoms with Crippen LogP contribution < -0.4 is 12.4 Å². The van der Waals surface area contributed by atoms with Gasteiger partial charge in [0.05, 0.1) is 0 Å². The van der Waals surface area contributed by atoms with Crippen LogP contribution in [0.1, 0.15) is 97.8 Å². The Labute approximate surface area is 141 Å². The molecule has 21 heavy (non-hydrogen) atoms. The second-order valence-electron chi connectivity index (χ2n) is 6.12. The summed E-state index contributed by atoms with van der Waals surface area (Å²) in [6.45, 7) is 6.52. The van der Waals surface area contributed by atoms with Crippen LogP contribution in [0.5, 0.6) is 0 Å². The van der Waals surface area contributed by atoms with Gasteiger partial charge in [0.25, 0.3) is 0 Å². The first-order valence-corrected chi connectivity index (χ1v) is 8.94. The van der Waals surface area contributed by atoms with E-state index in [1.165, 1.54) is 64.2 Å². The average Bonchev–Trinajstić information content (AvgIpc) is 2.41. The molecule has 2 nitrogen and oxygen atoms in total. The van der Waals surface area contributed by atoms with Crippen molar-refractivity contribution in [3.05, 3.63) is 0 Å². The molecule has 0 aliphatic carbocycles. The van der Waals surface area contributed by atoms with Crippen LogP contribution in [0.15, 0.2) is 0 Å². The summed E-state index contributed by atoms with van der Waals surface area (Å²) in [5.41, 5.74) is 0. The molecule has 0 fully saturated rings. The first-order chi connectivity index (χ1) is 9.59. The smallest absolute Gasteiger partial charge is 0.106 e. The maximum atomic E-state index is 9.58. The monoisotopic (exact) mass is 322 g/mol. The zero-order valence-corrected chi connectivity index (χ0v) is 16.1. The van der Waals surface area contributed by atoms with Crippen LogP contribution in [-0.2, 0) is 0 Å². The molecule has 0 saturated heterocycles. The lowest BCUT2D eigenvalue weighted by atomic mass is 10.1. The van der Waals surface area contributed by atoms with E-state index in [0.29, 0.717) is 0 Å². The summed E-state index contributed by atoms with van der Waals surface area (Å²) in [6, 6.07) is 0. The number of rotatable bonds is 12. The van der Waals surface area contributed by atoms with Crippen molar-refractivity contribution in [3.8, 4) is 0 Å². The van der Waals surface area contributed by atoms with Gasteiger partial charge in [-0.15, -0.1) is 0 Å². The van der Waals surface area contributed by atoms with E-state index in [9.17, 15) is 5.11 Å². The van der Waals surface area contributed by atoms with E-state index in [1.54, 1.807) is 0 Å². The second kappa shape index (κ2) is 22.5. The maximum Gasteiger partial charge on any atom is 0.106 e. The zero-order chi connectivity index (χ0) is 15.6. The lowest BCUT2D eigenvalue weighted by Gasteiger charge is -2.17. The summed E-state index contributed by atoms with van der Waals surface area (Å²) in [6.07, 6.45) is 15.5. The molecular formula is C18H41ClNO-. The number of halogens is 1. The van der Waals surface area contributed by atoms with Crippen LogP contribution in [-0.4, -0.2) is 30.3 Å². The second-order valence-corrected chi connectivity index (χ2v) is 6.12. The van der Waals surface area contributed by atoms with Gasteiger partial charge in [0.2, 0.25) is 0 Å². The Morgan fingerprint density at radius 3 is 1.38 bits per heavy atom. The highest BCUT2D eigenvalue weighted by atomic mass is 35.5. The largest absolute Gasteiger partial charge is 1.00 e. The normalized spacial score (nSPS) is 11.6. The number of nitrogens with zero attached hydrogens (tertiary/aromatic N) is 1. The van der Waals surface area contributed by atoms with Gasteiger partial charge in [-0.05, 0) is 26.9 Å². The van der Waals surface area contributed by atoms with Gasteiger partial charge >= 0.3 is 0 Å². The summed E-state index contributed by atoms with van der Waals surface area (Å²) < 4.78 is 0. The highest BCUT2D eigenvalue weighted by Gasteiger charge is 2.04. The molecule has 0 aliphatic rings. The lowest BCUT2D eigenvalue weighted by Crippen LogP contribution is -3.00. The predicted molar refractivity (Wildman–Crippen MR) is 92.1 cm³/mol. The average molecular weight is 323 g/mol. The van der Waals surface area contributed by atoms with E-state index < -0.39 is 0 Å². The fraction of sp³-hybridized carbons (Fsp3) is 1.00. The predicted octanol–water partition coefficient (Wildman–Crippen LogP) is 2.60. The molecule has 0 saturated carbocycles. The summed E-state index contributed by atoms with van der Waals surface area (Å²) in [5.74, 6) is 0. The fourth-order valence-corrected chi connectivity index (χ4v) is 2.07. The molecule has 1 atom stereocenters. The SMILES string of the molecule is CCC.CCCCCCCCCCCCC(O)N(C)C.[Cl-]. The van der Waals surface area contributed by atoms with Crippen molar-refractivity contribution in [2.45, 2.75) is 104 Å². The molecule has 0 aromatic heterocycles. The summed E-state index contributed by atoms with van der Waals surface area (Å²) >= 11 is 0. The summed E-state index contributed by atoms with van der Waals surface area (Å²) in [5, 5.41) is 9.58. The quantitative estimate of drug-likeness (QED) is 0.441. The van der Waals surface area contributed by atoms with Gasteiger partial charge in [0.15, 0.2) is 0 Å². The standard InChI is InChI=1S/C15H33NO.C3H8.ClH/c1-4-5-6-7-8-9-10-11-12-13-14-15(17)16(2)3;1-3-2;/h15,17H,4-14H2,1-3H3;3H2,1-2H3;1H/p-1. The first-order valence-electron chi connectivity index (χ1n) is 8.94. The molecule has 1 unspecified atom stereocenters. The Kier molecular flexibility index (Phi) is 28.0. The number of hydrogen-bond acceptors (Lipinski definition) is 2. The molecule has 0 aromatic carbocycles. The minimum absolute atomic E-state index is 0. The van der Waals surface area contributed by atoms with Crippen LogP contribution in [0.3, 0.4) is 0 Å². The number of aliphatic hydroxyl groups is 1. The maximum absolute atomic E-state index is 9.58. The number of unbranched alkanes of at least 4 members (excludes halogenated alkanes) is 9. The Morgan fingerprint density at radius 1 is 0.714 bits per heavy atom. The molecule has 0 radical (unpaired) electrons. The highest BCUT2D eigenvalue weighted by molar-refractivity contribution is 4.53. The van der Waals surface area contributed by atoms with E-state index in [2.05, 4.69) is 20.8 Å². The van der Waals surface area contributed by atoms with Crippen molar-refractivity contribution >= 4 is 0 Å². The Bertz CT molecular complexity index is 165. The summed E-state index contributed by atoms with van der Waals surface area (Å²) in [4.78, 5) is 1.88. The lowest BCUT2D eigenvalue weighted by molar-refractivity contribution is -0.0000107. The molecule has 0 aliphatic heterocycles. The Morgan fingerprint density at radius 2 is 1.05 bits per heavy atom. The van der Waals surface area contributed by atoms with Crippen molar-refractivity contribution in [3.63, 3.8) is 0 Å². The Balaban J connectivity index is -0.000000740. The van der Waals surface area contributed by atoms with Gasteiger partial charge in [-0.3, -0.25) is 4.90 Å². The van der Waals surface area contributed by atoms with Gasteiger partial charge in [-0.25, -0.2) is 0 Å². The van der Waals surface area contributed by atoms with Crippen LogP contribution in [0.2, 0.25) is 0 Å².